The third kappa shape index (κ3) is 5.84. The van der Waals surface area contributed by atoms with Crippen molar-refractivity contribution < 1.29 is 22.3 Å². The highest BCUT2D eigenvalue weighted by Crippen LogP contribution is 2.26. The summed E-state index contributed by atoms with van der Waals surface area (Å²) in [7, 11) is -3.40. The lowest BCUT2D eigenvalue weighted by Gasteiger charge is -2.10. The molecule has 0 fully saturated rings. The number of hydrogen-bond donors (Lipinski definition) is 2. The van der Waals surface area contributed by atoms with E-state index in [1.807, 2.05) is 0 Å². The SMILES string of the molecule is CS(=O)(=O)NCc1cc(C(N)=O)nc(-c2ccc(Oc3ccc(F)cc3)cc2)c1. The Balaban J connectivity index is 1.85. The number of carbonyl (C=O) groups is 1. The predicted molar refractivity (Wildman–Crippen MR) is 106 cm³/mol. The van der Waals surface area contributed by atoms with Gasteiger partial charge >= 0.3 is 0 Å². The number of nitrogens with two attached hydrogens (primary N) is 1. The van der Waals surface area contributed by atoms with E-state index in [1.54, 1.807) is 30.3 Å². The zero-order chi connectivity index (χ0) is 21.0. The fourth-order valence-corrected chi connectivity index (χ4v) is 2.94. The number of hydrogen-bond acceptors (Lipinski definition) is 5. The van der Waals surface area contributed by atoms with E-state index in [0.29, 0.717) is 28.3 Å². The Kier molecular flexibility index (Phi) is 5.90. The minimum atomic E-state index is -3.40. The molecule has 1 heterocycles. The smallest absolute Gasteiger partial charge is 0.267 e. The number of carbonyl (C=O) groups excluding carboxylic acids is 1. The zero-order valence-electron chi connectivity index (χ0n) is 15.4. The van der Waals surface area contributed by atoms with Crippen molar-refractivity contribution in [1.82, 2.24) is 9.71 Å². The molecule has 1 aromatic heterocycles. The molecule has 0 saturated heterocycles. The van der Waals surface area contributed by atoms with Crippen LogP contribution in [0.4, 0.5) is 4.39 Å². The summed E-state index contributed by atoms with van der Waals surface area (Å²) in [6.07, 6.45) is 1.05. The number of primary amides is 1. The molecule has 0 saturated carbocycles. The molecule has 0 aliphatic heterocycles. The van der Waals surface area contributed by atoms with Gasteiger partial charge in [0.2, 0.25) is 10.0 Å². The van der Waals surface area contributed by atoms with E-state index in [2.05, 4.69) is 9.71 Å². The number of ether oxygens (including phenoxy) is 1. The van der Waals surface area contributed by atoms with Gasteiger partial charge in [0.1, 0.15) is 23.0 Å². The highest BCUT2D eigenvalue weighted by molar-refractivity contribution is 7.88. The fraction of sp³-hybridized carbons (Fsp3) is 0.100. The molecule has 29 heavy (non-hydrogen) atoms. The second-order valence-corrected chi connectivity index (χ2v) is 8.12. The van der Waals surface area contributed by atoms with E-state index in [0.717, 1.165) is 6.26 Å². The first-order chi connectivity index (χ1) is 13.7. The van der Waals surface area contributed by atoms with Crippen molar-refractivity contribution in [1.29, 1.82) is 0 Å². The van der Waals surface area contributed by atoms with Gasteiger partial charge in [-0.05, 0) is 66.2 Å². The molecule has 0 bridgehead atoms. The molecule has 0 aliphatic rings. The van der Waals surface area contributed by atoms with Gasteiger partial charge in [-0.3, -0.25) is 4.79 Å². The van der Waals surface area contributed by atoms with E-state index >= 15 is 0 Å². The lowest BCUT2D eigenvalue weighted by atomic mass is 10.1. The molecule has 150 valence electrons. The molecule has 0 aliphatic carbocycles. The summed E-state index contributed by atoms with van der Waals surface area (Å²) in [5.74, 6) is -0.0505. The van der Waals surface area contributed by atoms with Gasteiger partial charge in [0, 0.05) is 12.1 Å². The first kappa shape index (κ1) is 20.4. The molecule has 3 aromatic rings. The third-order valence-corrected chi connectivity index (χ3v) is 4.54. The second-order valence-electron chi connectivity index (χ2n) is 6.28. The highest BCUT2D eigenvalue weighted by atomic mass is 32.2. The van der Waals surface area contributed by atoms with E-state index in [9.17, 15) is 17.6 Å². The number of nitrogens with one attached hydrogen (secondary N) is 1. The van der Waals surface area contributed by atoms with Crippen LogP contribution in [0, 0.1) is 5.82 Å². The third-order valence-electron chi connectivity index (χ3n) is 3.88. The molecular formula is C20H18FN3O4S. The lowest BCUT2D eigenvalue weighted by Crippen LogP contribution is -2.22. The maximum atomic E-state index is 13.0. The monoisotopic (exact) mass is 415 g/mol. The molecule has 0 radical (unpaired) electrons. The maximum absolute atomic E-state index is 13.0. The number of benzene rings is 2. The Labute approximate surface area is 167 Å². The average molecular weight is 415 g/mol. The van der Waals surface area contributed by atoms with Crippen molar-refractivity contribution in [3.8, 4) is 22.8 Å². The first-order valence-electron chi connectivity index (χ1n) is 8.49. The van der Waals surface area contributed by atoms with Crippen LogP contribution in [0.3, 0.4) is 0 Å². The number of aromatic nitrogens is 1. The van der Waals surface area contributed by atoms with Crippen LogP contribution in [0.5, 0.6) is 11.5 Å². The van der Waals surface area contributed by atoms with Crippen LogP contribution in [-0.2, 0) is 16.6 Å². The molecular weight excluding hydrogens is 397 g/mol. The van der Waals surface area contributed by atoms with Gasteiger partial charge in [0.05, 0.1) is 11.9 Å². The topological polar surface area (TPSA) is 111 Å². The van der Waals surface area contributed by atoms with Crippen LogP contribution < -0.4 is 15.2 Å². The van der Waals surface area contributed by atoms with Gasteiger partial charge in [0.25, 0.3) is 5.91 Å². The molecule has 2 aromatic carbocycles. The number of nitrogens with zero attached hydrogens (tertiary/aromatic N) is 1. The molecule has 0 spiro atoms. The van der Waals surface area contributed by atoms with Crippen LogP contribution >= 0.6 is 0 Å². The van der Waals surface area contributed by atoms with Gasteiger partial charge in [0.15, 0.2) is 0 Å². The van der Waals surface area contributed by atoms with Crippen molar-refractivity contribution in [3.63, 3.8) is 0 Å². The van der Waals surface area contributed by atoms with E-state index < -0.39 is 15.9 Å². The average Bonchev–Trinajstić information content (AvgIpc) is 2.68. The summed E-state index contributed by atoms with van der Waals surface area (Å²) < 4.78 is 43.7. The summed E-state index contributed by atoms with van der Waals surface area (Å²) in [4.78, 5) is 15.8. The number of amides is 1. The van der Waals surface area contributed by atoms with Gasteiger partial charge in [-0.2, -0.15) is 0 Å². The molecule has 1 amide bonds. The van der Waals surface area contributed by atoms with Gasteiger partial charge < -0.3 is 10.5 Å². The van der Waals surface area contributed by atoms with Crippen molar-refractivity contribution in [2.24, 2.45) is 5.73 Å². The quantitative estimate of drug-likeness (QED) is 0.616. The summed E-state index contributed by atoms with van der Waals surface area (Å²) in [5, 5.41) is 0. The number of halogens is 1. The van der Waals surface area contributed by atoms with Crippen molar-refractivity contribution in [2.45, 2.75) is 6.54 Å². The van der Waals surface area contributed by atoms with Crippen molar-refractivity contribution in [3.05, 3.63) is 77.7 Å². The van der Waals surface area contributed by atoms with Crippen LogP contribution in [0.1, 0.15) is 16.1 Å². The summed E-state index contributed by atoms with van der Waals surface area (Å²) >= 11 is 0. The first-order valence-corrected chi connectivity index (χ1v) is 10.4. The van der Waals surface area contributed by atoms with Crippen LogP contribution in [0.25, 0.3) is 11.3 Å². The Morgan fingerprint density at radius 1 is 1.07 bits per heavy atom. The van der Waals surface area contributed by atoms with E-state index in [1.165, 1.54) is 30.3 Å². The summed E-state index contributed by atoms with van der Waals surface area (Å²) in [6.45, 7) is 0.000392. The molecule has 3 rings (SSSR count). The van der Waals surface area contributed by atoms with Crippen LogP contribution in [0.2, 0.25) is 0 Å². The summed E-state index contributed by atoms with van der Waals surface area (Å²) in [5.41, 5.74) is 7.05. The predicted octanol–water partition coefficient (Wildman–Crippen LogP) is 2.83. The van der Waals surface area contributed by atoms with E-state index in [4.69, 9.17) is 10.5 Å². The molecule has 3 N–H and O–H groups in total. The Morgan fingerprint density at radius 3 is 2.21 bits per heavy atom. The molecule has 9 heteroatoms. The minimum Gasteiger partial charge on any atom is -0.457 e. The normalized spacial score (nSPS) is 11.2. The number of rotatable bonds is 7. The summed E-state index contributed by atoms with van der Waals surface area (Å²) in [6, 6.07) is 15.6. The minimum absolute atomic E-state index is 0.000392. The molecule has 7 nitrogen and oxygen atoms in total. The maximum Gasteiger partial charge on any atom is 0.267 e. The van der Waals surface area contributed by atoms with Crippen molar-refractivity contribution in [2.75, 3.05) is 6.26 Å². The molecule has 0 atom stereocenters. The number of sulfonamides is 1. The van der Waals surface area contributed by atoms with Gasteiger partial charge in [-0.1, -0.05) is 0 Å². The molecule has 0 unspecified atom stereocenters. The van der Waals surface area contributed by atoms with Gasteiger partial charge in [-0.15, -0.1) is 0 Å². The second kappa shape index (κ2) is 8.38. The van der Waals surface area contributed by atoms with Crippen LogP contribution in [0.15, 0.2) is 60.7 Å². The highest BCUT2D eigenvalue weighted by Gasteiger charge is 2.11. The van der Waals surface area contributed by atoms with Crippen molar-refractivity contribution >= 4 is 15.9 Å². The Hall–Kier alpha value is -3.30. The van der Waals surface area contributed by atoms with Gasteiger partial charge in [-0.25, -0.2) is 22.5 Å². The standard InChI is InChI=1S/C20H18FN3O4S/c1-29(26,27)23-12-13-10-18(24-19(11-13)20(22)25)14-2-6-16(7-3-14)28-17-8-4-15(21)5-9-17/h2-11,23H,12H2,1H3,(H2,22,25). The largest absolute Gasteiger partial charge is 0.457 e. The Bertz CT molecular complexity index is 1130. The lowest BCUT2D eigenvalue weighted by molar-refractivity contribution is 0.0995. The van der Waals surface area contributed by atoms with Crippen LogP contribution in [-0.4, -0.2) is 25.6 Å². The zero-order valence-corrected chi connectivity index (χ0v) is 16.2. The number of pyridine rings is 1. The Morgan fingerprint density at radius 2 is 1.66 bits per heavy atom. The van der Waals surface area contributed by atoms with E-state index in [-0.39, 0.29) is 18.1 Å². The fourth-order valence-electron chi connectivity index (χ4n) is 2.51.